The first-order chi connectivity index (χ1) is 6.49. The summed E-state index contributed by atoms with van der Waals surface area (Å²) in [6, 6.07) is 0.108. The summed E-state index contributed by atoms with van der Waals surface area (Å²) in [5.41, 5.74) is 0. The maximum absolute atomic E-state index is 11.5. The van der Waals surface area contributed by atoms with E-state index in [-0.39, 0.29) is 12.1 Å². The molecule has 1 saturated carbocycles. The lowest BCUT2D eigenvalue weighted by molar-refractivity contribution is 0.542. The van der Waals surface area contributed by atoms with Gasteiger partial charge in [0.1, 0.15) is 0 Å². The van der Waals surface area contributed by atoms with E-state index < -0.39 is 10.2 Å². The molecule has 2 atom stereocenters. The molecule has 14 heavy (non-hydrogen) atoms. The topological polar surface area (TPSA) is 70.2 Å². The van der Waals surface area contributed by atoms with Gasteiger partial charge in [-0.15, -0.1) is 0 Å². The standard InChI is InChI=1S/C8H17N3O2S/c1-5(2)10-14(12,13)11-8-6-3-9-4-7(6)8/h5-11H,3-4H2,1-2H3. The van der Waals surface area contributed by atoms with Crippen LogP contribution in [0.3, 0.4) is 0 Å². The van der Waals surface area contributed by atoms with E-state index in [0.29, 0.717) is 11.8 Å². The highest BCUT2D eigenvalue weighted by atomic mass is 32.2. The third kappa shape index (κ3) is 2.08. The number of nitrogens with one attached hydrogen (secondary N) is 3. The van der Waals surface area contributed by atoms with Crippen molar-refractivity contribution in [1.29, 1.82) is 0 Å². The maximum Gasteiger partial charge on any atom is 0.277 e. The first-order valence-corrected chi connectivity index (χ1v) is 6.48. The van der Waals surface area contributed by atoms with Crippen molar-refractivity contribution in [2.75, 3.05) is 13.1 Å². The van der Waals surface area contributed by atoms with Gasteiger partial charge < -0.3 is 5.32 Å². The number of hydrogen-bond acceptors (Lipinski definition) is 3. The minimum absolute atomic E-state index is 0.0517. The van der Waals surface area contributed by atoms with Crippen LogP contribution in [-0.4, -0.2) is 33.6 Å². The molecule has 3 N–H and O–H groups in total. The number of piperidine rings is 1. The van der Waals surface area contributed by atoms with Crippen LogP contribution in [-0.2, 0) is 10.2 Å². The van der Waals surface area contributed by atoms with Crippen molar-refractivity contribution in [3.05, 3.63) is 0 Å². The summed E-state index contributed by atoms with van der Waals surface area (Å²) in [7, 11) is -3.29. The smallest absolute Gasteiger partial charge is 0.277 e. The largest absolute Gasteiger partial charge is 0.316 e. The van der Waals surface area contributed by atoms with Crippen molar-refractivity contribution in [3.8, 4) is 0 Å². The van der Waals surface area contributed by atoms with Gasteiger partial charge in [-0.05, 0) is 38.8 Å². The number of hydrogen-bond donors (Lipinski definition) is 3. The summed E-state index contributed by atoms with van der Waals surface area (Å²) in [5, 5.41) is 3.22. The molecule has 0 bridgehead atoms. The van der Waals surface area contributed by atoms with Gasteiger partial charge >= 0.3 is 0 Å². The van der Waals surface area contributed by atoms with Gasteiger partial charge in [-0.1, -0.05) is 0 Å². The van der Waals surface area contributed by atoms with E-state index in [0.717, 1.165) is 13.1 Å². The van der Waals surface area contributed by atoms with Crippen molar-refractivity contribution in [2.45, 2.75) is 25.9 Å². The Kier molecular flexibility index (Phi) is 2.55. The average Bonchev–Trinajstić information content (AvgIpc) is 2.51. The molecule has 2 rings (SSSR count). The maximum atomic E-state index is 11.5. The Labute approximate surface area is 84.8 Å². The molecule has 0 amide bonds. The first-order valence-electron chi connectivity index (χ1n) is 5.00. The fraction of sp³-hybridized carbons (Fsp3) is 1.00. The Morgan fingerprint density at radius 2 is 1.86 bits per heavy atom. The van der Waals surface area contributed by atoms with E-state index in [9.17, 15) is 8.42 Å². The quantitative estimate of drug-likeness (QED) is 0.570. The summed E-state index contributed by atoms with van der Waals surface area (Å²) < 4.78 is 28.2. The van der Waals surface area contributed by atoms with Crippen molar-refractivity contribution in [3.63, 3.8) is 0 Å². The molecule has 1 aliphatic heterocycles. The van der Waals surface area contributed by atoms with E-state index in [2.05, 4.69) is 14.8 Å². The van der Waals surface area contributed by atoms with Crippen LogP contribution in [0.5, 0.6) is 0 Å². The zero-order valence-corrected chi connectivity index (χ0v) is 9.26. The minimum Gasteiger partial charge on any atom is -0.316 e. The van der Waals surface area contributed by atoms with E-state index in [1.54, 1.807) is 0 Å². The van der Waals surface area contributed by atoms with E-state index in [1.807, 2.05) is 13.8 Å². The van der Waals surface area contributed by atoms with Gasteiger partial charge in [0.05, 0.1) is 0 Å². The Balaban J connectivity index is 1.86. The molecule has 6 heteroatoms. The molecule has 82 valence electrons. The molecule has 0 aromatic carbocycles. The lowest BCUT2D eigenvalue weighted by Gasteiger charge is -2.11. The third-order valence-corrected chi connectivity index (χ3v) is 4.14. The summed E-state index contributed by atoms with van der Waals surface area (Å²) in [6.45, 7) is 5.52. The van der Waals surface area contributed by atoms with Crippen LogP contribution in [0.1, 0.15) is 13.8 Å². The third-order valence-electron chi connectivity index (χ3n) is 2.77. The second kappa shape index (κ2) is 3.44. The molecule has 2 fully saturated rings. The van der Waals surface area contributed by atoms with Crippen LogP contribution in [0.4, 0.5) is 0 Å². The van der Waals surface area contributed by atoms with Gasteiger partial charge in [0.2, 0.25) is 0 Å². The molecule has 0 spiro atoms. The molecule has 1 aliphatic carbocycles. The van der Waals surface area contributed by atoms with Gasteiger partial charge in [-0.2, -0.15) is 17.9 Å². The zero-order valence-electron chi connectivity index (χ0n) is 8.45. The summed E-state index contributed by atoms with van der Waals surface area (Å²) in [5.74, 6) is 1.03. The molecule has 1 saturated heterocycles. The zero-order chi connectivity index (χ0) is 10.3. The Hall–Kier alpha value is -0.170. The fourth-order valence-corrected chi connectivity index (χ4v) is 3.51. The lowest BCUT2D eigenvalue weighted by Crippen LogP contribution is -2.43. The van der Waals surface area contributed by atoms with Crippen LogP contribution in [0.2, 0.25) is 0 Å². The predicted octanol–water partition coefficient (Wildman–Crippen LogP) is -0.963. The van der Waals surface area contributed by atoms with Crippen LogP contribution < -0.4 is 14.8 Å². The van der Waals surface area contributed by atoms with Gasteiger partial charge in [0.15, 0.2) is 0 Å². The van der Waals surface area contributed by atoms with Crippen LogP contribution >= 0.6 is 0 Å². The van der Waals surface area contributed by atoms with E-state index in [1.165, 1.54) is 0 Å². The number of rotatable bonds is 4. The van der Waals surface area contributed by atoms with Crippen molar-refractivity contribution < 1.29 is 8.42 Å². The SMILES string of the molecule is CC(C)NS(=O)(=O)NC1C2CNCC21. The molecule has 2 unspecified atom stereocenters. The fourth-order valence-electron chi connectivity index (χ4n) is 2.12. The molecular formula is C8H17N3O2S. The van der Waals surface area contributed by atoms with Gasteiger partial charge in [-0.25, -0.2) is 0 Å². The molecule has 0 aromatic rings. The molecule has 0 aromatic heterocycles. The monoisotopic (exact) mass is 219 g/mol. The van der Waals surface area contributed by atoms with Crippen LogP contribution in [0.15, 0.2) is 0 Å². The van der Waals surface area contributed by atoms with Crippen LogP contribution in [0.25, 0.3) is 0 Å². The van der Waals surface area contributed by atoms with Crippen molar-refractivity contribution in [2.24, 2.45) is 11.8 Å². The Morgan fingerprint density at radius 3 is 2.36 bits per heavy atom. The van der Waals surface area contributed by atoms with Gasteiger partial charge in [-0.3, -0.25) is 0 Å². The number of fused-ring (bicyclic) bond motifs is 1. The molecular weight excluding hydrogens is 202 g/mol. The first kappa shape index (κ1) is 10.4. The highest BCUT2D eigenvalue weighted by molar-refractivity contribution is 7.87. The summed E-state index contributed by atoms with van der Waals surface area (Å²) in [4.78, 5) is 0. The average molecular weight is 219 g/mol. The molecule has 5 nitrogen and oxygen atoms in total. The second-order valence-corrected chi connectivity index (χ2v) is 5.88. The van der Waals surface area contributed by atoms with Crippen molar-refractivity contribution >= 4 is 10.2 Å². The molecule has 0 radical (unpaired) electrons. The highest BCUT2D eigenvalue weighted by Gasteiger charge is 2.54. The van der Waals surface area contributed by atoms with Gasteiger partial charge in [0, 0.05) is 12.1 Å². The Morgan fingerprint density at radius 1 is 1.29 bits per heavy atom. The summed E-state index contributed by atoms with van der Waals surface area (Å²) in [6.07, 6.45) is 0. The Bertz CT molecular complexity index is 305. The normalized spacial score (nSPS) is 36.1. The lowest BCUT2D eigenvalue weighted by atomic mass is 10.4. The van der Waals surface area contributed by atoms with E-state index >= 15 is 0 Å². The second-order valence-electron chi connectivity index (χ2n) is 4.41. The predicted molar refractivity (Wildman–Crippen MR) is 54.0 cm³/mol. The molecule has 2 aliphatic rings. The highest BCUT2D eigenvalue weighted by Crippen LogP contribution is 2.41. The van der Waals surface area contributed by atoms with E-state index in [4.69, 9.17) is 0 Å². The van der Waals surface area contributed by atoms with Gasteiger partial charge in [0.25, 0.3) is 10.2 Å². The molecule has 1 heterocycles. The van der Waals surface area contributed by atoms with Crippen molar-refractivity contribution in [1.82, 2.24) is 14.8 Å². The van der Waals surface area contributed by atoms with Crippen LogP contribution in [0, 0.1) is 11.8 Å². The minimum atomic E-state index is -3.29. The summed E-state index contributed by atoms with van der Waals surface area (Å²) >= 11 is 0.